The Labute approximate surface area is 109 Å². The molecule has 0 aliphatic rings. The van der Waals surface area contributed by atoms with E-state index in [-0.39, 0.29) is 5.57 Å². The number of rotatable bonds is 3. The Balaban J connectivity index is 2.96. The molecule has 0 spiro atoms. The van der Waals surface area contributed by atoms with Gasteiger partial charge in [0.1, 0.15) is 5.60 Å². The lowest BCUT2D eigenvalue weighted by Gasteiger charge is -2.26. The molecule has 2 nitrogen and oxygen atoms in total. The molecule has 0 unspecified atom stereocenters. The highest BCUT2D eigenvalue weighted by Crippen LogP contribution is 2.32. The standard InChI is InChI=1S/C14H15F3O2/c1-9(2)12(18)19-13(3,4)10-5-7-11(8-6-10)14(15,16)17/h5-8H,1H2,2-4H3. The number of hydrogen-bond donors (Lipinski definition) is 0. The van der Waals surface area contributed by atoms with Gasteiger partial charge in [0, 0.05) is 5.57 Å². The predicted octanol–water partition coefficient (Wildman–Crippen LogP) is 4.06. The number of carbonyl (C=O) groups is 1. The summed E-state index contributed by atoms with van der Waals surface area (Å²) in [5.41, 5.74) is -1.03. The molecule has 1 aromatic carbocycles. The summed E-state index contributed by atoms with van der Waals surface area (Å²) < 4.78 is 42.5. The van der Waals surface area contributed by atoms with Crippen LogP contribution in [0.2, 0.25) is 0 Å². The fourth-order valence-corrected chi connectivity index (χ4v) is 1.44. The molecule has 0 fully saturated rings. The fourth-order valence-electron chi connectivity index (χ4n) is 1.44. The molecule has 0 amide bonds. The van der Waals surface area contributed by atoms with Crippen molar-refractivity contribution < 1.29 is 22.7 Å². The second-order valence-electron chi connectivity index (χ2n) is 4.76. The van der Waals surface area contributed by atoms with Crippen molar-refractivity contribution in [2.45, 2.75) is 32.5 Å². The van der Waals surface area contributed by atoms with Crippen LogP contribution in [0.25, 0.3) is 0 Å². The number of benzene rings is 1. The molecule has 0 aliphatic heterocycles. The zero-order valence-electron chi connectivity index (χ0n) is 11.0. The summed E-state index contributed by atoms with van der Waals surface area (Å²) in [7, 11) is 0. The largest absolute Gasteiger partial charge is 0.451 e. The normalized spacial score (nSPS) is 12.1. The summed E-state index contributed by atoms with van der Waals surface area (Å²) in [5.74, 6) is -0.579. The highest BCUT2D eigenvalue weighted by molar-refractivity contribution is 5.87. The van der Waals surface area contributed by atoms with Crippen LogP contribution in [0.1, 0.15) is 31.9 Å². The average Bonchev–Trinajstić information content (AvgIpc) is 2.27. The molecule has 0 radical (unpaired) electrons. The van der Waals surface area contributed by atoms with Crippen LogP contribution in [-0.4, -0.2) is 5.97 Å². The molecule has 19 heavy (non-hydrogen) atoms. The van der Waals surface area contributed by atoms with Gasteiger partial charge in [-0.15, -0.1) is 0 Å². The van der Waals surface area contributed by atoms with Gasteiger partial charge in [-0.3, -0.25) is 0 Å². The first kappa shape index (κ1) is 15.3. The van der Waals surface area contributed by atoms with Crippen LogP contribution in [0.3, 0.4) is 0 Å². The van der Waals surface area contributed by atoms with Gasteiger partial charge in [-0.25, -0.2) is 4.79 Å². The van der Waals surface area contributed by atoms with E-state index in [0.29, 0.717) is 5.56 Å². The van der Waals surface area contributed by atoms with Crippen LogP contribution in [0, 0.1) is 0 Å². The Morgan fingerprint density at radius 1 is 1.11 bits per heavy atom. The quantitative estimate of drug-likeness (QED) is 0.612. The lowest BCUT2D eigenvalue weighted by molar-refractivity contribution is -0.152. The maximum absolute atomic E-state index is 12.4. The summed E-state index contributed by atoms with van der Waals surface area (Å²) in [6.45, 7) is 8.18. The summed E-state index contributed by atoms with van der Waals surface area (Å²) >= 11 is 0. The van der Waals surface area contributed by atoms with Crippen molar-refractivity contribution in [1.29, 1.82) is 0 Å². The number of alkyl halides is 3. The topological polar surface area (TPSA) is 26.3 Å². The van der Waals surface area contributed by atoms with Crippen LogP contribution in [0.15, 0.2) is 36.4 Å². The van der Waals surface area contributed by atoms with E-state index >= 15 is 0 Å². The second kappa shape index (κ2) is 5.07. The number of esters is 1. The summed E-state index contributed by atoms with van der Waals surface area (Å²) in [4.78, 5) is 11.5. The van der Waals surface area contributed by atoms with Crippen LogP contribution in [0.4, 0.5) is 13.2 Å². The number of ether oxygens (including phenoxy) is 1. The van der Waals surface area contributed by atoms with Crippen LogP contribution in [0.5, 0.6) is 0 Å². The molecule has 0 atom stereocenters. The minimum Gasteiger partial charge on any atom is -0.451 e. The smallest absolute Gasteiger partial charge is 0.416 e. The van der Waals surface area contributed by atoms with Crippen molar-refractivity contribution in [2.75, 3.05) is 0 Å². The number of carbonyl (C=O) groups excluding carboxylic acids is 1. The molecule has 0 N–H and O–H groups in total. The van der Waals surface area contributed by atoms with Crippen LogP contribution in [-0.2, 0) is 21.3 Å². The molecule has 0 heterocycles. The van der Waals surface area contributed by atoms with Crippen LogP contribution >= 0.6 is 0 Å². The molecular weight excluding hydrogens is 257 g/mol. The van der Waals surface area contributed by atoms with E-state index in [4.69, 9.17) is 4.74 Å². The number of hydrogen-bond acceptors (Lipinski definition) is 2. The van der Waals surface area contributed by atoms with Gasteiger partial charge in [0.15, 0.2) is 0 Å². The molecule has 0 saturated heterocycles. The summed E-state index contributed by atoms with van der Waals surface area (Å²) in [5, 5.41) is 0. The van der Waals surface area contributed by atoms with Gasteiger partial charge in [-0.1, -0.05) is 18.7 Å². The third-order valence-corrected chi connectivity index (χ3v) is 2.60. The first-order valence-corrected chi connectivity index (χ1v) is 5.60. The van der Waals surface area contributed by atoms with Crippen molar-refractivity contribution in [2.24, 2.45) is 0 Å². The lowest BCUT2D eigenvalue weighted by atomic mass is 9.96. The van der Waals surface area contributed by atoms with E-state index in [1.54, 1.807) is 13.8 Å². The van der Waals surface area contributed by atoms with Gasteiger partial charge in [-0.05, 0) is 38.5 Å². The van der Waals surface area contributed by atoms with Gasteiger partial charge >= 0.3 is 12.1 Å². The average molecular weight is 272 g/mol. The Hall–Kier alpha value is -1.78. The Bertz CT molecular complexity index is 484. The molecule has 0 aliphatic carbocycles. The zero-order valence-corrected chi connectivity index (χ0v) is 11.0. The van der Waals surface area contributed by atoms with E-state index in [0.717, 1.165) is 12.1 Å². The van der Waals surface area contributed by atoms with Gasteiger partial charge in [0.2, 0.25) is 0 Å². The Morgan fingerprint density at radius 2 is 1.53 bits per heavy atom. The fraction of sp³-hybridized carbons (Fsp3) is 0.357. The van der Waals surface area contributed by atoms with E-state index in [2.05, 4.69) is 6.58 Å². The predicted molar refractivity (Wildman–Crippen MR) is 65.4 cm³/mol. The lowest BCUT2D eigenvalue weighted by Crippen LogP contribution is -2.26. The van der Waals surface area contributed by atoms with Crippen LogP contribution < -0.4 is 0 Å². The van der Waals surface area contributed by atoms with E-state index in [9.17, 15) is 18.0 Å². The highest BCUT2D eigenvalue weighted by Gasteiger charge is 2.31. The molecule has 0 aromatic heterocycles. The molecule has 0 saturated carbocycles. The molecule has 1 rings (SSSR count). The van der Waals surface area contributed by atoms with Gasteiger partial charge < -0.3 is 4.74 Å². The van der Waals surface area contributed by atoms with E-state index < -0.39 is 23.3 Å². The third kappa shape index (κ3) is 3.84. The van der Waals surface area contributed by atoms with Gasteiger partial charge in [0.05, 0.1) is 5.56 Å². The van der Waals surface area contributed by atoms with E-state index in [1.807, 2.05) is 0 Å². The van der Waals surface area contributed by atoms with Crippen molar-refractivity contribution in [3.05, 3.63) is 47.5 Å². The molecule has 5 heteroatoms. The molecular formula is C14H15F3O2. The zero-order chi connectivity index (χ0) is 14.8. The first-order chi connectivity index (χ1) is 8.54. The minimum absolute atomic E-state index is 0.236. The van der Waals surface area contributed by atoms with Gasteiger partial charge in [-0.2, -0.15) is 13.2 Å². The van der Waals surface area contributed by atoms with Gasteiger partial charge in [0.25, 0.3) is 0 Å². The minimum atomic E-state index is -4.38. The Morgan fingerprint density at radius 3 is 1.89 bits per heavy atom. The highest BCUT2D eigenvalue weighted by atomic mass is 19.4. The molecule has 0 bridgehead atoms. The van der Waals surface area contributed by atoms with Crippen molar-refractivity contribution in [3.8, 4) is 0 Å². The summed E-state index contributed by atoms with van der Waals surface area (Å²) in [6.07, 6.45) is -4.38. The monoisotopic (exact) mass is 272 g/mol. The SMILES string of the molecule is C=C(C)C(=O)OC(C)(C)c1ccc(C(F)(F)F)cc1. The third-order valence-electron chi connectivity index (χ3n) is 2.60. The molecule has 1 aromatic rings. The molecule has 104 valence electrons. The van der Waals surface area contributed by atoms with Crippen molar-refractivity contribution in [1.82, 2.24) is 0 Å². The van der Waals surface area contributed by atoms with E-state index in [1.165, 1.54) is 19.1 Å². The number of halogens is 3. The van der Waals surface area contributed by atoms with Crippen molar-refractivity contribution in [3.63, 3.8) is 0 Å². The maximum atomic E-state index is 12.4. The Kier molecular flexibility index (Phi) is 4.08. The van der Waals surface area contributed by atoms with Crippen molar-refractivity contribution >= 4 is 5.97 Å². The second-order valence-corrected chi connectivity index (χ2v) is 4.76. The maximum Gasteiger partial charge on any atom is 0.416 e. The summed E-state index contributed by atoms with van der Waals surface area (Å²) in [6, 6.07) is 4.53. The first-order valence-electron chi connectivity index (χ1n) is 5.60.